The van der Waals surface area contributed by atoms with Crippen molar-refractivity contribution in [3.05, 3.63) is 71.8 Å². The van der Waals surface area contributed by atoms with Crippen LogP contribution in [0.3, 0.4) is 0 Å². The standard InChI is InChI=1S/C26H34N2O5/c1-20(2)27-24(29)16-10-11-17-28(3)26(31)33-23(18-21-12-6-4-7-13-21)25(30)32-19-22-14-8-5-9-15-22/h4-9,12-15,20,23H,10-11,16-19H2,1-3H3,(H,27,29)/t23-/m0/s1. The summed E-state index contributed by atoms with van der Waals surface area (Å²) < 4.78 is 11.0. The van der Waals surface area contributed by atoms with E-state index in [9.17, 15) is 14.4 Å². The van der Waals surface area contributed by atoms with E-state index < -0.39 is 18.2 Å². The highest BCUT2D eigenvalue weighted by Crippen LogP contribution is 2.12. The van der Waals surface area contributed by atoms with Gasteiger partial charge in [0.25, 0.3) is 0 Å². The highest BCUT2D eigenvalue weighted by molar-refractivity contribution is 5.79. The van der Waals surface area contributed by atoms with Gasteiger partial charge in [0.1, 0.15) is 6.61 Å². The van der Waals surface area contributed by atoms with Crippen molar-refractivity contribution in [2.24, 2.45) is 0 Å². The highest BCUT2D eigenvalue weighted by Gasteiger charge is 2.26. The van der Waals surface area contributed by atoms with Crippen molar-refractivity contribution in [2.75, 3.05) is 13.6 Å². The van der Waals surface area contributed by atoms with Crippen molar-refractivity contribution in [3.63, 3.8) is 0 Å². The molecule has 2 aromatic rings. The van der Waals surface area contributed by atoms with Gasteiger partial charge in [-0.1, -0.05) is 60.7 Å². The Morgan fingerprint density at radius 3 is 2.12 bits per heavy atom. The molecule has 0 saturated heterocycles. The van der Waals surface area contributed by atoms with Gasteiger partial charge in [-0.3, -0.25) is 4.79 Å². The second-order valence-electron chi connectivity index (χ2n) is 8.26. The molecule has 0 aliphatic carbocycles. The number of carbonyl (C=O) groups excluding carboxylic acids is 3. The molecular weight excluding hydrogens is 420 g/mol. The van der Waals surface area contributed by atoms with Crippen molar-refractivity contribution in [2.45, 2.75) is 58.3 Å². The molecule has 0 aliphatic rings. The van der Waals surface area contributed by atoms with Crippen LogP contribution in [0.5, 0.6) is 0 Å². The third-order valence-corrected chi connectivity index (χ3v) is 4.90. The summed E-state index contributed by atoms with van der Waals surface area (Å²) in [5.41, 5.74) is 1.72. The van der Waals surface area contributed by atoms with E-state index in [0.29, 0.717) is 25.8 Å². The summed E-state index contributed by atoms with van der Waals surface area (Å²) in [7, 11) is 1.62. The van der Waals surface area contributed by atoms with E-state index in [1.807, 2.05) is 74.5 Å². The smallest absolute Gasteiger partial charge is 0.410 e. The lowest BCUT2D eigenvalue weighted by molar-refractivity contribution is -0.155. The Morgan fingerprint density at radius 1 is 0.909 bits per heavy atom. The maximum atomic E-state index is 12.7. The van der Waals surface area contributed by atoms with E-state index in [0.717, 1.165) is 11.1 Å². The van der Waals surface area contributed by atoms with Crippen LogP contribution in [-0.4, -0.2) is 48.6 Å². The Morgan fingerprint density at radius 2 is 1.52 bits per heavy atom. The summed E-state index contributed by atoms with van der Waals surface area (Å²) in [5.74, 6) is -0.589. The molecule has 1 N–H and O–H groups in total. The quantitative estimate of drug-likeness (QED) is 0.385. The molecule has 0 aliphatic heterocycles. The van der Waals surface area contributed by atoms with Gasteiger partial charge in [-0.2, -0.15) is 0 Å². The molecule has 2 aromatic carbocycles. The summed E-state index contributed by atoms with van der Waals surface area (Å²) in [6.45, 7) is 4.36. The number of nitrogens with one attached hydrogen (secondary N) is 1. The first kappa shape index (κ1) is 25.9. The third kappa shape index (κ3) is 10.2. The summed E-state index contributed by atoms with van der Waals surface area (Å²) in [4.78, 5) is 38.5. The van der Waals surface area contributed by atoms with Crippen LogP contribution in [0.25, 0.3) is 0 Å². The first-order valence-electron chi connectivity index (χ1n) is 11.3. The number of hydrogen-bond donors (Lipinski definition) is 1. The fourth-order valence-corrected chi connectivity index (χ4v) is 3.15. The van der Waals surface area contributed by atoms with E-state index in [1.54, 1.807) is 7.05 Å². The van der Waals surface area contributed by atoms with Gasteiger partial charge in [-0.15, -0.1) is 0 Å². The van der Waals surface area contributed by atoms with E-state index in [-0.39, 0.29) is 25.0 Å². The number of rotatable bonds is 12. The zero-order valence-electron chi connectivity index (χ0n) is 19.7. The summed E-state index contributed by atoms with van der Waals surface area (Å²) in [6, 6.07) is 18.8. The molecule has 0 saturated carbocycles. The Balaban J connectivity index is 1.88. The largest absolute Gasteiger partial charge is 0.458 e. The van der Waals surface area contributed by atoms with Gasteiger partial charge in [0.2, 0.25) is 12.0 Å². The Kier molecular flexibility index (Phi) is 10.9. The molecule has 0 unspecified atom stereocenters. The average Bonchev–Trinajstić information content (AvgIpc) is 2.80. The molecule has 7 nitrogen and oxygen atoms in total. The lowest BCUT2D eigenvalue weighted by Crippen LogP contribution is -2.37. The molecular formula is C26H34N2O5. The van der Waals surface area contributed by atoms with Crippen LogP contribution >= 0.6 is 0 Å². The van der Waals surface area contributed by atoms with Gasteiger partial charge in [-0.05, 0) is 37.8 Å². The van der Waals surface area contributed by atoms with Gasteiger partial charge in [0.05, 0.1) is 0 Å². The lowest BCUT2D eigenvalue weighted by atomic mass is 10.1. The second kappa shape index (κ2) is 13.9. The maximum absolute atomic E-state index is 12.7. The van der Waals surface area contributed by atoms with Gasteiger partial charge >= 0.3 is 12.1 Å². The Hall–Kier alpha value is -3.35. The molecule has 0 bridgehead atoms. The Bertz CT molecular complexity index is 871. The van der Waals surface area contributed by atoms with E-state index in [4.69, 9.17) is 9.47 Å². The van der Waals surface area contributed by atoms with Crippen molar-refractivity contribution < 1.29 is 23.9 Å². The number of hydrogen-bond acceptors (Lipinski definition) is 5. The molecule has 0 aromatic heterocycles. The van der Waals surface area contributed by atoms with Crippen molar-refractivity contribution >= 4 is 18.0 Å². The van der Waals surface area contributed by atoms with Crippen LogP contribution in [0.1, 0.15) is 44.2 Å². The number of benzene rings is 2. The van der Waals surface area contributed by atoms with E-state index in [1.165, 1.54) is 4.90 Å². The predicted octanol–water partition coefficient (Wildman–Crippen LogP) is 4.10. The SMILES string of the molecule is CC(C)NC(=O)CCCCN(C)C(=O)O[C@@H](Cc1ccccc1)C(=O)OCc1ccccc1. The summed E-state index contributed by atoms with van der Waals surface area (Å²) >= 11 is 0. The van der Waals surface area contributed by atoms with E-state index >= 15 is 0 Å². The molecule has 7 heteroatoms. The molecule has 0 radical (unpaired) electrons. The fourth-order valence-electron chi connectivity index (χ4n) is 3.15. The number of carbonyl (C=O) groups is 3. The van der Waals surface area contributed by atoms with Crippen LogP contribution in [0.2, 0.25) is 0 Å². The van der Waals surface area contributed by atoms with Crippen LogP contribution in [-0.2, 0) is 32.1 Å². The molecule has 0 heterocycles. The van der Waals surface area contributed by atoms with Crippen molar-refractivity contribution in [1.29, 1.82) is 0 Å². The van der Waals surface area contributed by atoms with Gasteiger partial charge in [0, 0.05) is 32.5 Å². The van der Waals surface area contributed by atoms with Crippen molar-refractivity contribution in [1.82, 2.24) is 10.2 Å². The Labute approximate surface area is 196 Å². The molecule has 178 valence electrons. The first-order valence-corrected chi connectivity index (χ1v) is 11.3. The number of nitrogens with zero attached hydrogens (tertiary/aromatic N) is 1. The molecule has 33 heavy (non-hydrogen) atoms. The number of ether oxygens (including phenoxy) is 2. The zero-order chi connectivity index (χ0) is 24.1. The third-order valence-electron chi connectivity index (χ3n) is 4.90. The molecule has 0 spiro atoms. The van der Waals surface area contributed by atoms with Crippen LogP contribution in [0, 0.1) is 0 Å². The van der Waals surface area contributed by atoms with Gasteiger partial charge < -0.3 is 19.7 Å². The van der Waals surface area contributed by atoms with Crippen LogP contribution < -0.4 is 5.32 Å². The average molecular weight is 455 g/mol. The van der Waals surface area contributed by atoms with Crippen LogP contribution in [0.4, 0.5) is 4.79 Å². The summed E-state index contributed by atoms with van der Waals surface area (Å²) in [6.07, 6.45) is 0.288. The number of esters is 1. The van der Waals surface area contributed by atoms with Crippen molar-refractivity contribution in [3.8, 4) is 0 Å². The number of amides is 2. The predicted molar refractivity (Wildman–Crippen MR) is 126 cm³/mol. The molecule has 2 amide bonds. The normalized spacial score (nSPS) is 11.5. The van der Waals surface area contributed by atoms with E-state index in [2.05, 4.69) is 5.32 Å². The lowest BCUT2D eigenvalue weighted by Gasteiger charge is -2.22. The topological polar surface area (TPSA) is 84.9 Å². The minimum Gasteiger partial charge on any atom is -0.458 e. The maximum Gasteiger partial charge on any atom is 0.410 e. The zero-order valence-corrected chi connectivity index (χ0v) is 19.7. The molecule has 1 atom stereocenters. The minimum atomic E-state index is -1.05. The second-order valence-corrected chi connectivity index (χ2v) is 8.26. The van der Waals surface area contributed by atoms with Gasteiger partial charge in [-0.25, -0.2) is 9.59 Å². The summed E-state index contributed by atoms with van der Waals surface area (Å²) in [5, 5.41) is 2.84. The van der Waals surface area contributed by atoms with Crippen LogP contribution in [0.15, 0.2) is 60.7 Å². The molecule has 2 rings (SSSR count). The molecule has 0 fully saturated rings. The monoisotopic (exact) mass is 454 g/mol. The number of unbranched alkanes of at least 4 members (excludes halogenated alkanes) is 1. The highest BCUT2D eigenvalue weighted by atomic mass is 16.6. The minimum absolute atomic E-state index is 0.000633. The fraction of sp³-hybridized carbons (Fsp3) is 0.423. The van der Waals surface area contributed by atoms with Gasteiger partial charge in [0.15, 0.2) is 0 Å². The first-order chi connectivity index (χ1) is 15.8.